The lowest BCUT2D eigenvalue weighted by Crippen LogP contribution is -2.19. The molecule has 0 atom stereocenters. The molecule has 0 fully saturated rings. The van der Waals surface area contributed by atoms with E-state index >= 15 is 0 Å². The number of aryl methyl sites for hydroxylation is 2. The van der Waals surface area contributed by atoms with Gasteiger partial charge in [0, 0.05) is 11.9 Å². The van der Waals surface area contributed by atoms with Gasteiger partial charge in [-0.1, -0.05) is 47.7 Å². The van der Waals surface area contributed by atoms with Crippen LogP contribution in [0, 0.1) is 13.8 Å². The summed E-state index contributed by atoms with van der Waals surface area (Å²) in [6.45, 7) is 4.00. The average Bonchev–Trinajstić information content (AvgIpc) is 2.48. The molecule has 5 heteroatoms. The van der Waals surface area contributed by atoms with E-state index in [1.807, 2.05) is 19.1 Å². The van der Waals surface area contributed by atoms with Crippen molar-refractivity contribution in [1.29, 1.82) is 0 Å². The number of pyridine rings is 1. The number of hydrogen-bond acceptors (Lipinski definition) is 4. The summed E-state index contributed by atoms with van der Waals surface area (Å²) in [6.07, 6.45) is 1.69. The zero-order valence-electron chi connectivity index (χ0n) is 11.9. The first-order valence-electron chi connectivity index (χ1n) is 6.68. The second-order valence-electron chi connectivity index (χ2n) is 4.95. The fourth-order valence-corrected chi connectivity index (χ4v) is 2.83. The molecular weight excluding hydrogens is 282 g/mol. The highest BCUT2D eigenvalue weighted by atomic mass is 32.2. The Labute approximate surface area is 126 Å². The average molecular weight is 297 g/mol. The number of aromatic nitrogens is 3. The van der Waals surface area contributed by atoms with Crippen LogP contribution in [0.25, 0.3) is 5.65 Å². The first-order valence-corrected chi connectivity index (χ1v) is 7.66. The van der Waals surface area contributed by atoms with Crippen molar-refractivity contribution in [2.45, 2.75) is 24.8 Å². The molecule has 0 saturated heterocycles. The Morgan fingerprint density at radius 2 is 1.86 bits per heavy atom. The maximum Gasteiger partial charge on any atom is 0.355 e. The van der Waals surface area contributed by atoms with E-state index in [2.05, 4.69) is 41.2 Å². The highest BCUT2D eigenvalue weighted by molar-refractivity contribution is 7.98. The monoisotopic (exact) mass is 297 g/mol. The summed E-state index contributed by atoms with van der Waals surface area (Å²) in [5.74, 6) is 0.752. The molecule has 0 aliphatic carbocycles. The third kappa shape index (κ3) is 2.97. The molecule has 21 heavy (non-hydrogen) atoms. The SMILES string of the molecule is Cc1ccc(CSc2nc(=O)n3cccc(C)c3n2)cc1. The van der Waals surface area contributed by atoms with Crippen molar-refractivity contribution in [1.82, 2.24) is 14.4 Å². The van der Waals surface area contributed by atoms with Gasteiger partial charge in [-0.2, -0.15) is 4.98 Å². The van der Waals surface area contributed by atoms with Crippen LogP contribution < -0.4 is 5.69 Å². The maximum atomic E-state index is 12.0. The summed E-state index contributed by atoms with van der Waals surface area (Å²) in [7, 11) is 0. The Bertz CT molecular complexity index is 840. The number of benzene rings is 1. The zero-order chi connectivity index (χ0) is 14.8. The van der Waals surface area contributed by atoms with Crippen molar-refractivity contribution < 1.29 is 0 Å². The minimum Gasteiger partial charge on any atom is -0.251 e. The highest BCUT2D eigenvalue weighted by Crippen LogP contribution is 2.19. The Morgan fingerprint density at radius 3 is 2.62 bits per heavy atom. The van der Waals surface area contributed by atoms with Gasteiger partial charge >= 0.3 is 5.69 Å². The Morgan fingerprint density at radius 1 is 1.10 bits per heavy atom. The number of rotatable bonds is 3. The van der Waals surface area contributed by atoms with E-state index in [9.17, 15) is 4.79 Å². The molecule has 0 unspecified atom stereocenters. The van der Waals surface area contributed by atoms with Crippen LogP contribution >= 0.6 is 11.8 Å². The van der Waals surface area contributed by atoms with Crippen molar-refractivity contribution in [2.75, 3.05) is 0 Å². The van der Waals surface area contributed by atoms with Gasteiger partial charge < -0.3 is 0 Å². The normalized spacial score (nSPS) is 11.0. The lowest BCUT2D eigenvalue weighted by Gasteiger charge is -2.05. The molecule has 0 aliphatic rings. The van der Waals surface area contributed by atoms with Gasteiger partial charge in [0.15, 0.2) is 5.16 Å². The fourth-order valence-electron chi connectivity index (χ4n) is 2.05. The van der Waals surface area contributed by atoms with Gasteiger partial charge in [-0.05, 0) is 31.0 Å². The van der Waals surface area contributed by atoms with E-state index in [-0.39, 0.29) is 5.69 Å². The van der Waals surface area contributed by atoms with Crippen LogP contribution in [0.5, 0.6) is 0 Å². The molecule has 1 aromatic carbocycles. The number of hydrogen-bond donors (Lipinski definition) is 0. The van der Waals surface area contributed by atoms with Crippen LogP contribution in [0.4, 0.5) is 0 Å². The first-order chi connectivity index (χ1) is 10.1. The quantitative estimate of drug-likeness (QED) is 0.697. The minimum absolute atomic E-state index is 0.282. The van der Waals surface area contributed by atoms with Gasteiger partial charge in [-0.25, -0.2) is 9.78 Å². The van der Waals surface area contributed by atoms with E-state index in [0.29, 0.717) is 10.8 Å². The van der Waals surface area contributed by atoms with Crippen molar-refractivity contribution in [2.24, 2.45) is 0 Å². The Balaban J connectivity index is 1.89. The lowest BCUT2D eigenvalue weighted by molar-refractivity contribution is 0.842. The van der Waals surface area contributed by atoms with Crippen LogP contribution in [-0.4, -0.2) is 14.4 Å². The Kier molecular flexibility index (Phi) is 3.75. The molecular formula is C16H15N3OS. The molecule has 0 N–H and O–H groups in total. The van der Waals surface area contributed by atoms with Crippen LogP contribution in [-0.2, 0) is 5.75 Å². The fraction of sp³-hybridized carbons (Fsp3) is 0.188. The van der Waals surface area contributed by atoms with Gasteiger partial charge in [0.2, 0.25) is 0 Å². The van der Waals surface area contributed by atoms with Crippen LogP contribution in [0.1, 0.15) is 16.7 Å². The summed E-state index contributed by atoms with van der Waals surface area (Å²) in [5.41, 5.74) is 3.78. The van der Waals surface area contributed by atoms with Gasteiger partial charge in [0.1, 0.15) is 5.65 Å². The van der Waals surface area contributed by atoms with E-state index in [1.165, 1.54) is 27.3 Å². The molecule has 0 saturated carbocycles. The van der Waals surface area contributed by atoms with Gasteiger partial charge in [0.05, 0.1) is 0 Å². The molecule has 0 bridgehead atoms. The number of thioether (sulfide) groups is 1. The van der Waals surface area contributed by atoms with E-state index < -0.39 is 0 Å². The van der Waals surface area contributed by atoms with Crippen molar-refractivity contribution in [3.63, 3.8) is 0 Å². The van der Waals surface area contributed by atoms with Gasteiger partial charge in [0.25, 0.3) is 0 Å². The van der Waals surface area contributed by atoms with Crippen molar-refractivity contribution in [3.8, 4) is 0 Å². The van der Waals surface area contributed by atoms with E-state index in [1.54, 1.807) is 6.20 Å². The number of nitrogens with zero attached hydrogens (tertiary/aromatic N) is 3. The molecule has 2 heterocycles. The summed E-state index contributed by atoms with van der Waals surface area (Å²) in [4.78, 5) is 20.5. The standard InChI is InChI=1S/C16H15N3OS/c1-11-5-7-13(8-6-11)10-21-15-17-14-12(2)4-3-9-19(14)16(20)18-15/h3-9H,10H2,1-2H3. The summed E-state index contributed by atoms with van der Waals surface area (Å²) in [5, 5.41) is 0.523. The molecule has 106 valence electrons. The molecule has 2 aromatic heterocycles. The maximum absolute atomic E-state index is 12.0. The van der Waals surface area contributed by atoms with Gasteiger partial charge in [-0.15, -0.1) is 0 Å². The summed E-state index contributed by atoms with van der Waals surface area (Å²) >= 11 is 1.48. The molecule has 0 amide bonds. The third-order valence-electron chi connectivity index (χ3n) is 3.25. The Hall–Kier alpha value is -2.14. The summed E-state index contributed by atoms with van der Waals surface area (Å²) < 4.78 is 1.48. The topological polar surface area (TPSA) is 47.3 Å². The lowest BCUT2D eigenvalue weighted by atomic mass is 10.2. The molecule has 0 radical (unpaired) electrons. The predicted molar refractivity (Wildman–Crippen MR) is 84.7 cm³/mol. The van der Waals surface area contributed by atoms with Crippen LogP contribution in [0.15, 0.2) is 52.5 Å². The summed E-state index contributed by atoms with van der Waals surface area (Å²) in [6, 6.07) is 12.1. The number of fused-ring (bicyclic) bond motifs is 1. The third-order valence-corrected chi connectivity index (χ3v) is 4.17. The van der Waals surface area contributed by atoms with E-state index in [4.69, 9.17) is 0 Å². The zero-order valence-corrected chi connectivity index (χ0v) is 12.7. The van der Waals surface area contributed by atoms with Crippen LogP contribution in [0.2, 0.25) is 0 Å². The highest BCUT2D eigenvalue weighted by Gasteiger charge is 2.06. The second-order valence-corrected chi connectivity index (χ2v) is 5.89. The first kappa shape index (κ1) is 13.8. The molecule has 3 rings (SSSR count). The second kappa shape index (κ2) is 5.69. The molecule has 0 aliphatic heterocycles. The predicted octanol–water partition coefficient (Wildman–Crippen LogP) is 3.00. The minimum atomic E-state index is -0.282. The molecule has 4 nitrogen and oxygen atoms in total. The van der Waals surface area contributed by atoms with E-state index in [0.717, 1.165) is 11.3 Å². The van der Waals surface area contributed by atoms with Crippen molar-refractivity contribution >= 4 is 17.4 Å². The smallest absolute Gasteiger partial charge is 0.251 e. The molecule has 0 spiro atoms. The molecule has 3 aromatic rings. The van der Waals surface area contributed by atoms with Gasteiger partial charge in [-0.3, -0.25) is 4.40 Å². The van der Waals surface area contributed by atoms with Crippen LogP contribution in [0.3, 0.4) is 0 Å². The largest absolute Gasteiger partial charge is 0.355 e. The van der Waals surface area contributed by atoms with Crippen molar-refractivity contribution in [3.05, 3.63) is 69.8 Å².